The summed E-state index contributed by atoms with van der Waals surface area (Å²) in [6.45, 7) is 1.32. The van der Waals surface area contributed by atoms with Crippen molar-refractivity contribution in [1.29, 1.82) is 0 Å². The zero-order valence-electron chi connectivity index (χ0n) is 11.4. The third-order valence-electron chi connectivity index (χ3n) is 3.55. The molecule has 0 bridgehead atoms. The number of carbonyl (C=O) groups excluding carboxylic acids is 1. The molecule has 11 heteroatoms. The molecule has 0 aromatic rings. The highest BCUT2D eigenvalue weighted by atomic mass is 32.2. The minimum atomic E-state index is -5.07. The zero-order valence-corrected chi connectivity index (χ0v) is 14.0. The van der Waals surface area contributed by atoms with Crippen LogP contribution in [-0.2, 0) is 13.9 Å². The van der Waals surface area contributed by atoms with Crippen LogP contribution in [0.3, 0.4) is 0 Å². The van der Waals surface area contributed by atoms with E-state index in [1.54, 1.807) is 0 Å². The summed E-state index contributed by atoms with van der Waals surface area (Å²) in [5.41, 5.74) is -1.87. The van der Waals surface area contributed by atoms with Crippen molar-refractivity contribution in [2.24, 2.45) is 5.92 Å². The van der Waals surface area contributed by atoms with Crippen molar-refractivity contribution in [2.75, 3.05) is 0 Å². The molecular formula is C10H20O8P2S. The summed E-state index contributed by atoms with van der Waals surface area (Å²) in [7, 11) is -10.0. The van der Waals surface area contributed by atoms with E-state index in [-0.39, 0.29) is 5.12 Å². The zero-order chi connectivity index (χ0) is 16.4. The number of hydrogen-bond acceptors (Lipinski definition) is 5. The van der Waals surface area contributed by atoms with Crippen LogP contribution in [0.5, 0.6) is 0 Å². The first-order chi connectivity index (χ1) is 9.44. The van der Waals surface area contributed by atoms with E-state index in [1.165, 1.54) is 6.92 Å². The van der Waals surface area contributed by atoms with Crippen LogP contribution in [0.4, 0.5) is 0 Å². The average molecular weight is 362 g/mol. The number of aliphatic hydroxyl groups is 1. The molecule has 1 aliphatic carbocycles. The van der Waals surface area contributed by atoms with Gasteiger partial charge in [0.2, 0.25) is 0 Å². The lowest BCUT2D eigenvalue weighted by molar-refractivity contribution is -0.109. The second kappa shape index (κ2) is 7.23. The fourth-order valence-corrected chi connectivity index (χ4v) is 6.89. The third kappa shape index (κ3) is 5.44. The molecule has 0 spiro atoms. The Hall–Kier alpha value is 0.280. The highest BCUT2D eigenvalue weighted by Crippen LogP contribution is 2.58. The second-order valence-corrected chi connectivity index (χ2v) is 10.1. The predicted molar refractivity (Wildman–Crippen MR) is 77.9 cm³/mol. The Morgan fingerprint density at radius 1 is 1.10 bits per heavy atom. The van der Waals surface area contributed by atoms with E-state index in [0.717, 1.165) is 18.2 Å². The maximum atomic E-state index is 11.6. The van der Waals surface area contributed by atoms with Crippen molar-refractivity contribution >= 4 is 32.1 Å². The van der Waals surface area contributed by atoms with E-state index in [1.807, 2.05) is 0 Å². The van der Waals surface area contributed by atoms with E-state index in [9.17, 15) is 28.8 Å². The Kier molecular flexibility index (Phi) is 6.66. The van der Waals surface area contributed by atoms with Gasteiger partial charge in [-0.2, -0.15) is 0 Å². The Bertz CT molecular complexity index is 472. The summed E-state index contributed by atoms with van der Waals surface area (Å²) < 4.78 is 22.9. The van der Waals surface area contributed by atoms with E-state index in [4.69, 9.17) is 9.79 Å². The Balaban J connectivity index is 3.14. The van der Waals surface area contributed by atoms with Gasteiger partial charge in [-0.05, 0) is 18.8 Å². The molecule has 1 saturated carbocycles. The van der Waals surface area contributed by atoms with Crippen LogP contribution >= 0.6 is 27.0 Å². The molecule has 4 unspecified atom stereocenters. The van der Waals surface area contributed by atoms with Crippen LogP contribution in [0.25, 0.3) is 0 Å². The molecule has 4 atom stereocenters. The van der Waals surface area contributed by atoms with Crippen LogP contribution in [0.1, 0.15) is 32.6 Å². The SMILES string of the molecule is CC(=O)SC1CCCCC1C(C(O)P(=O)(O)O)P(=O)(O)O. The Labute approximate surface area is 126 Å². The quantitative estimate of drug-likeness (QED) is 0.448. The molecule has 0 aromatic carbocycles. The van der Waals surface area contributed by atoms with Gasteiger partial charge in [0.1, 0.15) is 5.66 Å². The van der Waals surface area contributed by atoms with Gasteiger partial charge >= 0.3 is 15.2 Å². The number of hydrogen-bond donors (Lipinski definition) is 5. The van der Waals surface area contributed by atoms with E-state index in [0.29, 0.717) is 19.3 Å². The van der Waals surface area contributed by atoms with Gasteiger partial charge in [0.15, 0.2) is 11.0 Å². The van der Waals surface area contributed by atoms with Crippen molar-refractivity contribution in [2.45, 2.75) is 49.4 Å². The molecule has 0 saturated heterocycles. The summed E-state index contributed by atoms with van der Waals surface area (Å²) in [6, 6.07) is 0. The summed E-state index contributed by atoms with van der Waals surface area (Å²) >= 11 is 0.910. The van der Waals surface area contributed by atoms with Gasteiger partial charge < -0.3 is 24.7 Å². The van der Waals surface area contributed by atoms with Gasteiger partial charge in [-0.15, -0.1) is 0 Å². The van der Waals surface area contributed by atoms with Gasteiger partial charge in [0, 0.05) is 12.2 Å². The molecule has 21 heavy (non-hydrogen) atoms. The van der Waals surface area contributed by atoms with Crippen molar-refractivity contribution in [1.82, 2.24) is 0 Å². The molecule has 1 aliphatic rings. The molecule has 0 heterocycles. The van der Waals surface area contributed by atoms with Gasteiger partial charge in [-0.3, -0.25) is 13.9 Å². The third-order valence-corrected chi connectivity index (χ3v) is 7.46. The number of rotatable bonds is 5. The van der Waals surface area contributed by atoms with Crippen molar-refractivity contribution in [3.63, 3.8) is 0 Å². The van der Waals surface area contributed by atoms with Gasteiger partial charge in [-0.1, -0.05) is 24.6 Å². The van der Waals surface area contributed by atoms with Gasteiger partial charge in [0.25, 0.3) is 0 Å². The van der Waals surface area contributed by atoms with E-state index >= 15 is 0 Å². The normalized spacial score (nSPS) is 27.1. The topological polar surface area (TPSA) is 152 Å². The predicted octanol–water partition coefficient (Wildman–Crippen LogP) is 0.867. The number of aliphatic hydroxyl groups excluding tert-OH is 1. The van der Waals surface area contributed by atoms with Crippen LogP contribution in [0, 0.1) is 5.92 Å². The summed E-state index contributed by atoms with van der Waals surface area (Å²) in [5.74, 6) is -3.26. The van der Waals surface area contributed by atoms with Gasteiger partial charge in [0.05, 0.1) is 0 Å². The standard InChI is InChI=1S/C10H20O8P2S/c1-6(11)21-8-5-3-2-4-7(8)9(19(13,14)15)10(12)20(16,17)18/h7-10,12H,2-5H2,1H3,(H2,13,14,15)(H2,16,17,18). The van der Waals surface area contributed by atoms with Crippen LogP contribution in [0.2, 0.25) is 0 Å². The van der Waals surface area contributed by atoms with E-state index < -0.39 is 37.9 Å². The van der Waals surface area contributed by atoms with Crippen LogP contribution in [-0.4, -0.2) is 46.5 Å². The number of thioether (sulfide) groups is 1. The molecule has 8 nitrogen and oxygen atoms in total. The minimum Gasteiger partial charge on any atom is -0.380 e. The lowest BCUT2D eigenvalue weighted by Crippen LogP contribution is -2.40. The smallest absolute Gasteiger partial charge is 0.354 e. The first-order valence-electron chi connectivity index (χ1n) is 6.40. The molecular weight excluding hydrogens is 342 g/mol. The molecule has 0 amide bonds. The van der Waals surface area contributed by atoms with Crippen molar-refractivity contribution in [3.8, 4) is 0 Å². The monoisotopic (exact) mass is 362 g/mol. The molecule has 0 radical (unpaired) electrons. The summed E-state index contributed by atoms with van der Waals surface area (Å²) in [4.78, 5) is 48.2. The van der Waals surface area contributed by atoms with Crippen LogP contribution in [0.15, 0.2) is 0 Å². The highest BCUT2D eigenvalue weighted by Gasteiger charge is 2.51. The summed E-state index contributed by atoms with van der Waals surface area (Å²) in [6.07, 6.45) is 2.21. The summed E-state index contributed by atoms with van der Waals surface area (Å²) in [5, 5.41) is 9.04. The molecule has 1 fully saturated rings. The van der Waals surface area contributed by atoms with Gasteiger partial charge in [-0.25, -0.2) is 0 Å². The van der Waals surface area contributed by atoms with E-state index in [2.05, 4.69) is 0 Å². The second-order valence-electron chi connectivity index (χ2n) is 5.18. The maximum Gasteiger partial charge on any atom is 0.354 e. The molecule has 0 aliphatic heterocycles. The fourth-order valence-electron chi connectivity index (χ4n) is 2.72. The molecule has 1 rings (SSSR count). The van der Waals surface area contributed by atoms with Crippen molar-refractivity contribution < 1.29 is 38.6 Å². The lowest BCUT2D eigenvalue weighted by Gasteiger charge is -2.38. The van der Waals surface area contributed by atoms with Crippen molar-refractivity contribution in [3.05, 3.63) is 0 Å². The molecule has 124 valence electrons. The first kappa shape index (κ1) is 19.3. The van der Waals surface area contributed by atoms with Crippen LogP contribution < -0.4 is 0 Å². The lowest BCUT2D eigenvalue weighted by atomic mass is 9.86. The largest absolute Gasteiger partial charge is 0.380 e. The number of carbonyl (C=O) groups is 1. The average Bonchev–Trinajstić information content (AvgIpc) is 2.27. The molecule has 0 aromatic heterocycles. The minimum absolute atomic E-state index is 0.234. The first-order valence-corrected chi connectivity index (χ1v) is 10.6. The maximum absolute atomic E-state index is 11.6. The fraction of sp³-hybridized carbons (Fsp3) is 0.900. The molecule has 5 N–H and O–H groups in total. The Morgan fingerprint density at radius 2 is 1.62 bits per heavy atom. The Morgan fingerprint density at radius 3 is 2.05 bits per heavy atom. The highest BCUT2D eigenvalue weighted by molar-refractivity contribution is 8.14.